The number of ether oxygens (including phenoxy) is 4. The molecule has 0 aliphatic carbocycles. The number of nitrogens with zero attached hydrogens (tertiary/aromatic N) is 1. The average molecular weight is 918 g/mol. The molecule has 9 nitrogen and oxygen atoms in total. The Bertz CT molecular complexity index is 1160. The lowest BCUT2D eigenvalue weighted by Crippen LogP contribution is -2.44. The van der Waals surface area contributed by atoms with Crippen LogP contribution in [0.2, 0.25) is 0 Å². The number of likely N-dealkylation sites (N-methyl/N-ethyl adjacent to an activating group) is 1. The van der Waals surface area contributed by atoms with E-state index >= 15 is 0 Å². The van der Waals surface area contributed by atoms with Crippen molar-refractivity contribution in [3.05, 3.63) is 36.5 Å². The molecule has 0 aliphatic heterocycles. The number of esters is 2. The van der Waals surface area contributed by atoms with Gasteiger partial charge in [-0.05, 0) is 64.2 Å². The summed E-state index contributed by atoms with van der Waals surface area (Å²) in [4.78, 5) is 37.1. The number of carboxylic acids is 1. The van der Waals surface area contributed by atoms with E-state index in [9.17, 15) is 19.5 Å². The molecule has 0 aromatic heterocycles. The van der Waals surface area contributed by atoms with Crippen molar-refractivity contribution in [2.75, 3.05) is 47.5 Å². The minimum Gasteiger partial charge on any atom is -0.545 e. The molecule has 65 heavy (non-hydrogen) atoms. The second-order valence-corrected chi connectivity index (χ2v) is 19.5. The molecule has 0 aliphatic rings. The van der Waals surface area contributed by atoms with Gasteiger partial charge in [0.05, 0.1) is 40.3 Å². The summed E-state index contributed by atoms with van der Waals surface area (Å²) in [5.41, 5.74) is 0. The molecule has 0 radical (unpaired) electrons. The highest BCUT2D eigenvalue weighted by molar-refractivity contribution is 5.70. The fourth-order valence-corrected chi connectivity index (χ4v) is 7.63. The average Bonchev–Trinajstić information content (AvgIpc) is 3.27. The first-order valence-corrected chi connectivity index (χ1v) is 27.1. The zero-order chi connectivity index (χ0) is 47.7. The van der Waals surface area contributed by atoms with Crippen LogP contribution in [0.1, 0.15) is 245 Å². The molecule has 0 fully saturated rings. The van der Waals surface area contributed by atoms with E-state index in [4.69, 9.17) is 18.9 Å². The van der Waals surface area contributed by atoms with Crippen LogP contribution in [0.25, 0.3) is 0 Å². The zero-order valence-corrected chi connectivity index (χ0v) is 43.1. The molecule has 0 saturated heterocycles. The molecule has 0 saturated carbocycles. The predicted octanol–water partition coefficient (Wildman–Crippen LogP) is 14.0. The van der Waals surface area contributed by atoms with Crippen LogP contribution in [-0.2, 0) is 33.3 Å². The van der Waals surface area contributed by atoms with Gasteiger partial charge in [0.1, 0.15) is 13.2 Å². The molecule has 0 rings (SSSR count). The maximum Gasteiger partial charge on any atom is 0.306 e. The van der Waals surface area contributed by atoms with Gasteiger partial charge in [0.15, 0.2) is 12.4 Å². The highest BCUT2D eigenvalue weighted by Gasteiger charge is 2.22. The lowest BCUT2D eigenvalue weighted by molar-refractivity contribution is -0.870. The number of carbonyl (C=O) groups is 3. The molecule has 0 aromatic rings. The van der Waals surface area contributed by atoms with Crippen LogP contribution >= 0.6 is 0 Å². The smallest absolute Gasteiger partial charge is 0.306 e. The zero-order valence-electron chi connectivity index (χ0n) is 43.1. The Labute approximate surface area is 400 Å². The summed E-state index contributed by atoms with van der Waals surface area (Å²) in [6.07, 6.45) is 53.4. The largest absolute Gasteiger partial charge is 0.545 e. The number of allylic oxidation sites excluding steroid dienone is 6. The summed E-state index contributed by atoms with van der Waals surface area (Å²) in [6.45, 7) is 4.68. The van der Waals surface area contributed by atoms with Crippen molar-refractivity contribution in [2.45, 2.75) is 257 Å². The number of rotatable bonds is 50. The van der Waals surface area contributed by atoms with Crippen molar-refractivity contribution in [3.8, 4) is 0 Å². The Kier molecular flexibility index (Phi) is 46.1. The Morgan fingerprint density at radius 3 is 1.29 bits per heavy atom. The van der Waals surface area contributed by atoms with Crippen LogP contribution in [0.5, 0.6) is 0 Å². The molecule has 0 N–H and O–H groups in total. The van der Waals surface area contributed by atoms with Gasteiger partial charge in [-0.25, -0.2) is 0 Å². The van der Waals surface area contributed by atoms with E-state index in [0.29, 0.717) is 23.9 Å². The molecule has 0 bridgehead atoms. The van der Waals surface area contributed by atoms with Crippen LogP contribution in [0.4, 0.5) is 0 Å². The van der Waals surface area contributed by atoms with Crippen LogP contribution < -0.4 is 5.11 Å². The fraction of sp³-hybridized carbons (Fsp3) is 0.839. The second-order valence-electron chi connectivity index (χ2n) is 19.5. The van der Waals surface area contributed by atoms with Crippen molar-refractivity contribution in [1.82, 2.24) is 0 Å². The van der Waals surface area contributed by atoms with Crippen LogP contribution in [-0.4, -0.2) is 82.3 Å². The van der Waals surface area contributed by atoms with E-state index in [1.807, 2.05) is 21.1 Å². The number of quaternary nitrogens is 1. The standard InChI is InChI=1S/C56H103NO8/c1-6-8-10-12-14-16-18-20-21-22-23-24-25-26-27-28-29-30-31-32-33-35-36-38-40-42-44-46-53(58)63-50-52(51-64-56(55(60)61)62-49-48-57(3,4)5)65-54(59)47-45-43-41-39-37-34-19-17-15-13-11-9-7-2/h11,13,17,19,22-23,52,56H,6-10,12,14-16,18,20-21,24-51H2,1-5H3/b13-11-,19-17-,23-22-. The molecule has 0 spiro atoms. The third kappa shape index (κ3) is 49.2. The Balaban J connectivity index is 4.16. The fourth-order valence-electron chi connectivity index (χ4n) is 7.63. The quantitative estimate of drug-likeness (QED) is 0.0195. The first kappa shape index (κ1) is 62.5. The Hall–Kier alpha value is -2.49. The van der Waals surface area contributed by atoms with Crippen molar-refractivity contribution in [3.63, 3.8) is 0 Å². The maximum atomic E-state index is 12.8. The molecular weight excluding hydrogens is 815 g/mol. The number of hydrogen-bond donors (Lipinski definition) is 0. The van der Waals surface area contributed by atoms with Gasteiger partial charge in [0.2, 0.25) is 0 Å². The number of hydrogen-bond acceptors (Lipinski definition) is 8. The van der Waals surface area contributed by atoms with Gasteiger partial charge >= 0.3 is 11.9 Å². The van der Waals surface area contributed by atoms with Crippen molar-refractivity contribution in [2.24, 2.45) is 0 Å². The van der Waals surface area contributed by atoms with E-state index in [1.165, 1.54) is 148 Å². The lowest BCUT2D eigenvalue weighted by Gasteiger charge is -2.26. The molecular formula is C56H103NO8. The van der Waals surface area contributed by atoms with Gasteiger partial charge in [-0.1, -0.05) is 204 Å². The molecule has 0 heterocycles. The van der Waals surface area contributed by atoms with Crippen LogP contribution in [0.15, 0.2) is 36.5 Å². The van der Waals surface area contributed by atoms with E-state index in [2.05, 4.69) is 50.3 Å². The number of carboxylic acid groups (broad SMARTS) is 1. The summed E-state index contributed by atoms with van der Waals surface area (Å²) in [6, 6.07) is 0. The first-order valence-electron chi connectivity index (χ1n) is 27.1. The maximum absolute atomic E-state index is 12.8. The highest BCUT2D eigenvalue weighted by atomic mass is 16.7. The normalized spacial score (nSPS) is 13.1. The third-order valence-corrected chi connectivity index (χ3v) is 11.8. The SMILES string of the molecule is CCC/C=C\C/C=C\CCCCCCCC(=O)OC(COC(=O)CCCCCCCCCCCCCCCCC/C=C\CCCCCCCCCC)COC(OCC[N+](C)(C)C)C(=O)[O-]. The minimum absolute atomic E-state index is 0.145. The van der Waals surface area contributed by atoms with Gasteiger partial charge in [0, 0.05) is 12.8 Å². The summed E-state index contributed by atoms with van der Waals surface area (Å²) >= 11 is 0. The summed E-state index contributed by atoms with van der Waals surface area (Å²) in [5, 5.41) is 11.7. The number of aliphatic carboxylic acids is 1. The Morgan fingerprint density at radius 1 is 0.462 bits per heavy atom. The van der Waals surface area contributed by atoms with Crippen molar-refractivity contribution >= 4 is 17.9 Å². The van der Waals surface area contributed by atoms with Crippen molar-refractivity contribution in [1.29, 1.82) is 0 Å². The molecule has 0 amide bonds. The minimum atomic E-state index is -1.62. The van der Waals surface area contributed by atoms with E-state index in [0.717, 1.165) is 64.2 Å². The van der Waals surface area contributed by atoms with E-state index < -0.39 is 24.3 Å². The van der Waals surface area contributed by atoms with Crippen LogP contribution in [0.3, 0.4) is 0 Å². The highest BCUT2D eigenvalue weighted by Crippen LogP contribution is 2.16. The molecule has 0 aromatic carbocycles. The summed E-state index contributed by atoms with van der Waals surface area (Å²) < 4.78 is 22.6. The second kappa shape index (κ2) is 48.0. The lowest BCUT2D eigenvalue weighted by atomic mass is 10.0. The van der Waals surface area contributed by atoms with Gasteiger partial charge in [-0.2, -0.15) is 0 Å². The summed E-state index contributed by atoms with van der Waals surface area (Å²) in [7, 11) is 5.91. The van der Waals surface area contributed by atoms with Crippen LogP contribution in [0, 0.1) is 0 Å². The summed E-state index contributed by atoms with van der Waals surface area (Å²) in [5.74, 6) is -2.29. The molecule has 380 valence electrons. The molecule has 2 unspecified atom stereocenters. The molecule has 9 heteroatoms. The van der Waals surface area contributed by atoms with E-state index in [1.54, 1.807) is 0 Å². The van der Waals surface area contributed by atoms with Gasteiger partial charge in [-0.15, -0.1) is 0 Å². The number of unbranched alkanes of at least 4 members (excludes halogenated alkanes) is 29. The van der Waals surface area contributed by atoms with Gasteiger partial charge in [-0.3, -0.25) is 9.59 Å². The monoisotopic (exact) mass is 918 g/mol. The first-order chi connectivity index (χ1) is 31.6. The van der Waals surface area contributed by atoms with Crippen molar-refractivity contribution < 1.29 is 42.9 Å². The van der Waals surface area contributed by atoms with Gasteiger partial charge < -0.3 is 33.3 Å². The molecule has 2 atom stereocenters. The van der Waals surface area contributed by atoms with E-state index in [-0.39, 0.29) is 32.2 Å². The third-order valence-electron chi connectivity index (χ3n) is 11.8. The number of carbonyl (C=O) groups excluding carboxylic acids is 3. The Morgan fingerprint density at radius 2 is 0.862 bits per heavy atom. The topological polar surface area (TPSA) is 111 Å². The van der Waals surface area contributed by atoms with Gasteiger partial charge in [0.25, 0.3) is 0 Å². The predicted molar refractivity (Wildman–Crippen MR) is 269 cm³/mol.